The number of esters is 1. The van der Waals surface area contributed by atoms with Crippen molar-refractivity contribution in [2.45, 2.75) is 31.7 Å². The predicted molar refractivity (Wildman–Crippen MR) is 64.4 cm³/mol. The van der Waals surface area contributed by atoms with Gasteiger partial charge in [-0.2, -0.15) is 0 Å². The molecule has 1 heterocycles. The zero-order chi connectivity index (χ0) is 14.0. The Bertz CT molecular complexity index is 405. The van der Waals surface area contributed by atoms with Crippen molar-refractivity contribution in [3.8, 4) is 0 Å². The molecule has 2 amide bonds. The van der Waals surface area contributed by atoms with Gasteiger partial charge < -0.3 is 20.1 Å². The minimum absolute atomic E-state index is 0.117. The van der Waals surface area contributed by atoms with Gasteiger partial charge in [0.15, 0.2) is 0 Å². The summed E-state index contributed by atoms with van der Waals surface area (Å²) in [5.41, 5.74) is -0.795. The summed E-state index contributed by atoms with van der Waals surface area (Å²) >= 11 is 0. The number of hydrogen-bond donors (Lipinski definition) is 2. The topological polar surface area (TPSA) is 95.9 Å². The van der Waals surface area contributed by atoms with Crippen LogP contribution in [-0.4, -0.2) is 54.2 Å². The van der Waals surface area contributed by atoms with E-state index in [1.165, 1.54) is 12.0 Å². The number of ether oxygens (including phenoxy) is 1. The van der Waals surface area contributed by atoms with Crippen LogP contribution < -0.4 is 5.32 Å². The van der Waals surface area contributed by atoms with Gasteiger partial charge in [0.05, 0.1) is 12.5 Å². The number of carbonyl (C=O) groups excluding carboxylic acids is 2. The summed E-state index contributed by atoms with van der Waals surface area (Å²) in [6, 6.07) is -0.939. The van der Waals surface area contributed by atoms with Crippen LogP contribution in [0.3, 0.4) is 0 Å². The number of urea groups is 1. The van der Waals surface area contributed by atoms with E-state index in [1.54, 1.807) is 0 Å². The van der Waals surface area contributed by atoms with Crippen molar-refractivity contribution in [3.63, 3.8) is 0 Å². The first-order valence-electron chi connectivity index (χ1n) is 6.36. The van der Waals surface area contributed by atoms with Crippen molar-refractivity contribution < 1.29 is 24.2 Å². The number of aliphatic carboxylic acids is 1. The molecule has 0 aromatic rings. The normalized spacial score (nSPS) is 23.8. The zero-order valence-corrected chi connectivity index (χ0v) is 10.8. The van der Waals surface area contributed by atoms with E-state index in [-0.39, 0.29) is 12.6 Å². The maximum Gasteiger partial charge on any atom is 0.328 e. The monoisotopic (exact) mass is 270 g/mol. The second-order valence-corrected chi connectivity index (χ2v) is 5.12. The van der Waals surface area contributed by atoms with Gasteiger partial charge in [-0.15, -0.1) is 0 Å². The van der Waals surface area contributed by atoms with Gasteiger partial charge in [-0.05, 0) is 25.7 Å². The molecule has 0 spiro atoms. The predicted octanol–water partition coefficient (Wildman–Crippen LogP) is 0.198. The molecule has 1 aliphatic heterocycles. The fourth-order valence-corrected chi connectivity index (χ4v) is 2.35. The Hall–Kier alpha value is -1.79. The maximum absolute atomic E-state index is 12.0. The van der Waals surface area contributed by atoms with Crippen molar-refractivity contribution in [2.75, 3.05) is 20.2 Å². The minimum Gasteiger partial charge on any atom is -0.481 e. The van der Waals surface area contributed by atoms with Crippen molar-refractivity contribution in [1.29, 1.82) is 0 Å². The molecule has 1 atom stereocenters. The van der Waals surface area contributed by atoms with Crippen molar-refractivity contribution in [1.82, 2.24) is 10.2 Å². The molecule has 0 aromatic heterocycles. The number of methoxy groups -OCH3 is 1. The summed E-state index contributed by atoms with van der Waals surface area (Å²) in [6.45, 7) is 0.608. The van der Waals surface area contributed by atoms with E-state index in [4.69, 9.17) is 5.11 Å². The Balaban J connectivity index is 1.89. The molecule has 0 radical (unpaired) electrons. The second-order valence-electron chi connectivity index (χ2n) is 5.12. The highest BCUT2D eigenvalue weighted by molar-refractivity contribution is 5.85. The van der Waals surface area contributed by atoms with Gasteiger partial charge in [0, 0.05) is 13.1 Å². The van der Waals surface area contributed by atoms with Crippen LogP contribution in [0.1, 0.15) is 25.7 Å². The summed E-state index contributed by atoms with van der Waals surface area (Å²) in [5.74, 6) is -1.30. The van der Waals surface area contributed by atoms with Gasteiger partial charge in [0.1, 0.15) is 6.04 Å². The number of likely N-dealkylation sites (tertiary alicyclic amines) is 1. The summed E-state index contributed by atoms with van der Waals surface area (Å²) in [5, 5.41) is 11.6. The van der Waals surface area contributed by atoms with Crippen molar-refractivity contribution in [3.05, 3.63) is 0 Å². The Morgan fingerprint density at radius 2 is 2.11 bits per heavy atom. The molecule has 0 aromatic carbocycles. The number of rotatable bonds is 4. The number of hydrogen-bond acceptors (Lipinski definition) is 4. The Morgan fingerprint density at radius 1 is 1.42 bits per heavy atom. The fourth-order valence-electron chi connectivity index (χ4n) is 2.35. The highest BCUT2D eigenvalue weighted by Crippen LogP contribution is 2.45. The second kappa shape index (κ2) is 5.07. The molecule has 1 saturated heterocycles. The molecule has 7 nitrogen and oxygen atoms in total. The SMILES string of the molecule is COC(=O)C1CCCN1C(=O)NCC1(C(=O)O)CC1. The third-order valence-corrected chi connectivity index (χ3v) is 3.87. The summed E-state index contributed by atoms with van der Waals surface area (Å²) in [7, 11) is 1.29. The molecule has 19 heavy (non-hydrogen) atoms. The first kappa shape index (κ1) is 13.6. The van der Waals surface area contributed by atoms with E-state index in [9.17, 15) is 14.4 Å². The summed E-state index contributed by atoms with van der Waals surface area (Å²) in [4.78, 5) is 35.9. The molecular weight excluding hydrogens is 252 g/mol. The van der Waals surface area contributed by atoms with Crippen LogP contribution in [0.15, 0.2) is 0 Å². The van der Waals surface area contributed by atoms with Crippen LogP contribution in [0, 0.1) is 5.41 Å². The third-order valence-electron chi connectivity index (χ3n) is 3.87. The van der Waals surface area contributed by atoms with E-state index in [1.807, 2.05) is 0 Å². The molecule has 2 aliphatic rings. The molecule has 0 bridgehead atoms. The molecule has 1 saturated carbocycles. The number of amides is 2. The lowest BCUT2D eigenvalue weighted by molar-refractivity contribution is -0.145. The van der Waals surface area contributed by atoms with Crippen LogP contribution in [0.25, 0.3) is 0 Å². The molecule has 1 aliphatic carbocycles. The first-order valence-corrected chi connectivity index (χ1v) is 6.36. The Labute approximate surface area is 110 Å². The molecular formula is C12H18N2O5. The fraction of sp³-hybridized carbons (Fsp3) is 0.750. The van der Waals surface area contributed by atoms with Gasteiger partial charge in [-0.1, -0.05) is 0 Å². The highest BCUT2D eigenvalue weighted by atomic mass is 16.5. The van der Waals surface area contributed by atoms with Crippen LogP contribution in [0.4, 0.5) is 4.79 Å². The Morgan fingerprint density at radius 3 is 2.63 bits per heavy atom. The molecule has 2 N–H and O–H groups in total. The quantitative estimate of drug-likeness (QED) is 0.711. The van der Waals surface area contributed by atoms with Crippen molar-refractivity contribution >= 4 is 18.0 Å². The zero-order valence-electron chi connectivity index (χ0n) is 10.8. The van der Waals surface area contributed by atoms with E-state index in [0.717, 1.165) is 6.42 Å². The van der Waals surface area contributed by atoms with Crippen LogP contribution in [0.2, 0.25) is 0 Å². The lowest BCUT2D eigenvalue weighted by Crippen LogP contribution is -2.48. The number of carboxylic acid groups (broad SMARTS) is 1. The van der Waals surface area contributed by atoms with E-state index in [2.05, 4.69) is 10.1 Å². The largest absolute Gasteiger partial charge is 0.481 e. The van der Waals surface area contributed by atoms with E-state index in [0.29, 0.717) is 25.8 Å². The third kappa shape index (κ3) is 2.64. The number of carbonyl (C=O) groups is 3. The number of carboxylic acids is 1. The lowest BCUT2D eigenvalue weighted by atomic mass is 10.1. The average molecular weight is 270 g/mol. The number of nitrogens with one attached hydrogen (secondary N) is 1. The lowest BCUT2D eigenvalue weighted by Gasteiger charge is -2.23. The van der Waals surface area contributed by atoms with Gasteiger partial charge in [-0.25, -0.2) is 9.59 Å². The van der Waals surface area contributed by atoms with Crippen LogP contribution in [0.5, 0.6) is 0 Å². The van der Waals surface area contributed by atoms with Crippen molar-refractivity contribution in [2.24, 2.45) is 5.41 Å². The van der Waals surface area contributed by atoms with Gasteiger partial charge in [0.2, 0.25) is 0 Å². The van der Waals surface area contributed by atoms with Gasteiger partial charge in [0.25, 0.3) is 0 Å². The summed E-state index contributed by atoms with van der Waals surface area (Å²) < 4.78 is 4.66. The standard InChI is InChI=1S/C12H18N2O5/c1-19-9(15)8-3-2-6-14(8)11(18)13-7-12(4-5-12)10(16)17/h8H,2-7H2,1H3,(H,13,18)(H,16,17). The molecule has 7 heteroatoms. The molecule has 2 rings (SSSR count). The minimum atomic E-state index is -0.876. The Kier molecular flexibility index (Phi) is 3.64. The van der Waals surface area contributed by atoms with Gasteiger partial charge >= 0.3 is 18.0 Å². The summed E-state index contributed by atoms with van der Waals surface area (Å²) in [6.07, 6.45) is 2.51. The smallest absolute Gasteiger partial charge is 0.328 e. The van der Waals surface area contributed by atoms with E-state index < -0.39 is 23.4 Å². The molecule has 1 unspecified atom stereocenters. The van der Waals surface area contributed by atoms with Crippen LogP contribution in [-0.2, 0) is 14.3 Å². The van der Waals surface area contributed by atoms with E-state index >= 15 is 0 Å². The van der Waals surface area contributed by atoms with Gasteiger partial charge in [-0.3, -0.25) is 4.79 Å². The molecule has 106 valence electrons. The maximum atomic E-state index is 12.0. The highest BCUT2D eigenvalue weighted by Gasteiger charge is 2.50. The number of nitrogens with zero attached hydrogens (tertiary/aromatic N) is 1. The molecule has 2 fully saturated rings. The average Bonchev–Trinajstić information content (AvgIpc) is 3.04. The van der Waals surface area contributed by atoms with Crippen LogP contribution >= 0.6 is 0 Å². The first-order chi connectivity index (χ1) is 9.00.